The molecule has 1 nitrogen and oxygen atoms in total. The number of fused-ring (bicyclic) bond motifs is 1. The van der Waals surface area contributed by atoms with E-state index in [0.717, 1.165) is 0 Å². The van der Waals surface area contributed by atoms with Gasteiger partial charge in [0.2, 0.25) is 11.2 Å². The van der Waals surface area contributed by atoms with Crippen LogP contribution in [-0.2, 0) is 7.05 Å². The lowest BCUT2D eigenvalue weighted by atomic mass is 9.96. The molecule has 2 aromatic carbocycles. The fourth-order valence-corrected chi connectivity index (χ4v) is 3.43. The minimum Gasteiger partial charge on any atom is -0.194 e. The van der Waals surface area contributed by atoms with Crippen molar-refractivity contribution in [1.82, 2.24) is 0 Å². The quantitative estimate of drug-likeness (QED) is 0.563. The van der Waals surface area contributed by atoms with Gasteiger partial charge in [0.1, 0.15) is 7.05 Å². The molecule has 0 N–H and O–H groups in total. The van der Waals surface area contributed by atoms with E-state index in [0.29, 0.717) is 0 Å². The maximum atomic E-state index is 2.33. The number of rotatable bonds is 1. The van der Waals surface area contributed by atoms with Crippen LogP contribution in [0.4, 0.5) is 0 Å². The smallest absolute Gasteiger partial charge is 0.194 e. The second-order valence-corrected chi connectivity index (χ2v) is 6.55. The zero-order valence-corrected chi connectivity index (χ0v) is 14.4. The highest BCUT2D eigenvalue weighted by molar-refractivity contribution is 5.82. The number of nitrogens with zero attached hydrogens (tertiary/aromatic N) is 1. The fourth-order valence-electron chi connectivity index (χ4n) is 3.43. The normalized spacial score (nSPS) is 11.2. The van der Waals surface area contributed by atoms with Crippen molar-refractivity contribution in [3.63, 3.8) is 0 Å². The van der Waals surface area contributed by atoms with Crippen LogP contribution in [0, 0.1) is 34.6 Å². The first-order valence-corrected chi connectivity index (χ1v) is 7.86. The van der Waals surface area contributed by atoms with Crippen molar-refractivity contribution in [3.05, 3.63) is 64.2 Å². The van der Waals surface area contributed by atoms with Gasteiger partial charge in [-0.05, 0) is 69.0 Å². The molecule has 0 aliphatic carbocycles. The van der Waals surface area contributed by atoms with Crippen LogP contribution >= 0.6 is 0 Å². The summed E-state index contributed by atoms with van der Waals surface area (Å²) in [5, 5.41) is 1.33. The predicted molar refractivity (Wildman–Crippen MR) is 94.2 cm³/mol. The van der Waals surface area contributed by atoms with Crippen LogP contribution in [0.1, 0.15) is 27.8 Å². The molecule has 0 radical (unpaired) electrons. The van der Waals surface area contributed by atoms with Gasteiger partial charge in [-0.15, -0.1) is 0 Å². The van der Waals surface area contributed by atoms with Gasteiger partial charge in [-0.25, -0.2) is 0 Å². The molecule has 0 bridgehead atoms. The summed E-state index contributed by atoms with van der Waals surface area (Å²) in [5.74, 6) is 0. The molecule has 0 amide bonds. The van der Waals surface area contributed by atoms with E-state index in [-0.39, 0.29) is 0 Å². The van der Waals surface area contributed by atoms with E-state index in [2.05, 4.69) is 82.6 Å². The predicted octanol–water partition coefficient (Wildman–Crippen LogP) is 4.87. The van der Waals surface area contributed by atoms with Gasteiger partial charge in [0.05, 0.1) is 0 Å². The second-order valence-electron chi connectivity index (χ2n) is 6.55. The highest BCUT2D eigenvalue weighted by atomic mass is 14.9. The summed E-state index contributed by atoms with van der Waals surface area (Å²) in [6, 6.07) is 13.6. The average Bonchev–Trinajstić information content (AvgIpc) is 2.44. The minimum absolute atomic E-state index is 1.28. The topological polar surface area (TPSA) is 3.88 Å². The SMILES string of the molecule is Cc1cc(C)c(C)c(-c2ccc3c(C)cc(C)cc3[n+]2C)c1. The number of aromatic nitrogens is 1. The van der Waals surface area contributed by atoms with Gasteiger partial charge in [0.15, 0.2) is 0 Å². The zero-order chi connectivity index (χ0) is 16.0. The maximum Gasteiger partial charge on any atom is 0.213 e. The molecule has 1 heterocycles. The lowest BCUT2D eigenvalue weighted by molar-refractivity contribution is -0.633. The van der Waals surface area contributed by atoms with Gasteiger partial charge in [0.25, 0.3) is 0 Å². The summed E-state index contributed by atoms with van der Waals surface area (Å²) in [4.78, 5) is 0. The molecule has 0 unspecified atom stereocenters. The van der Waals surface area contributed by atoms with E-state index < -0.39 is 0 Å². The van der Waals surface area contributed by atoms with E-state index >= 15 is 0 Å². The Bertz CT molecular complexity index is 888. The maximum absolute atomic E-state index is 2.33. The van der Waals surface area contributed by atoms with Gasteiger partial charge in [0, 0.05) is 23.1 Å². The molecule has 112 valence electrons. The van der Waals surface area contributed by atoms with Gasteiger partial charge >= 0.3 is 0 Å². The Hall–Kier alpha value is -2.15. The van der Waals surface area contributed by atoms with Crippen molar-refractivity contribution in [2.45, 2.75) is 34.6 Å². The molecular weight excluding hydrogens is 266 g/mol. The number of benzene rings is 2. The highest BCUT2D eigenvalue weighted by Crippen LogP contribution is 2.27. The van der Waals surface area contributed by atoms with Gasteiger partial charge in [-0.1, -0.05) is 17.7 Å². The summed E-state index contributed by atoms with van der Waals surface area (Å²) in [5.41, 5.74) is 10.6. The van der Waals surface area contributed by atoms with Crippen molar-refractivity contribution in [3.8, 4) is 11.3 Å². The Balaban J connectivity index is 2.36. The third-order valence-electron chi connectivity index (χ3n) is 4.73. The van der Waals surface area contributed by atoms with Crippen LogP contribution in [0.15, 0.2) is 36.4 Å². The fraction of sp³-hybridized carbons (Fsp3) is 0.286. The Morgan fingerprint density at radius 1 is 0.727 bits per heavy atom. The lowest BCUT2D eigenvalue weighted by Crippen LogP contribution is -2.32. The summed E-state index contributed by atoms with van der Waals surface area (Å²) < 4.78 is 2.33. The number of aryl methyl sites for hydroxylation is 5. The molecule has 0 fully saturated rings. The zero-order valence-electron chi connectivity index (χ0n) is 14.4. The van der Waals surface area contributed by atoms with Gasteiger partial charge in [-0.3, -0.25) is 0 Å². The molecule has 1 aromatic heterocycles. The minimum atomic E-state index is 1.28. The molecule has 0 saturated carbocycles. The number of hydrogen-bond acceptors (Lipinski definition) is 0. The molecule has 1 heteroatoms. The van der Waals surface area contributed by atoms with Gasteiger partial charge < -0.3 is 0 Å². The molecule has 3 rings (SSSR count). The van der Waals surface area contributed by atoms with Crippen LogP contribution in [0.3, 0.4) is 0 Å². The van der Waals surface area contributed by atoms with Crippen molar-refractivity contribution >= 4 is 10.9 Å². The summed E-state index contributed by atoms with van der Waals surface area (Å²) in [6.07, 6.45) is 0. The first kappa shape index (κ1) is 14.8. The Morgan fingerprint density at radius 3 is 2.09 bits per heavy atom. The van der Waals surface area contributed by atoms with Crippen LogP contribution in [0.25, 0.3) is 22.2 Å². The third-order valence-corrected chi connectivity index (χ3v) is 4.73. The first-order valence-electron chi connectivity index (χ1n) is 7.86. The van der Waals surface area contributed by atoms with Crippen molar-refractivity contribution in [2.75, 3.05) is 0 Å². The van der Waals surface area contributed by atoms with Crippen molar-refractivity contribution in [2.24, 2.45) is 7.05 Å². The number of hydrogen-bond donors (Lipinski definition) is 0. The second kappa shape index (κ2) is 5.24. The Morgan fingerprint density at radius 2 is 1.36 bits per heavy atom. The van der Waals surface area contributed by atoms with E-state index in [1.807, 2.05) is 0 Å². The summed E-state index contributed by atoms with van der Waals surface area (Å²) in [6.45, 7) is 10.9. The molecule has 0 saturated heterocycles. The standard InChI is InChI=1S/C21H24N/c1-13-9-15(3)17(5)19(11-13)20-8-7-18-16(4)10-14(2)12-21(18)22(20)6/h7-12H,1-6H3/q+1. The lowest BCUT2D eigenvalue weighted by Gasteiger charge is -2.11. The monoisotopic (exact) mass is 290 g/mol. The summed E-state index contributed by atoms with van der Waals surface area (Å²) in [7, 11) is 2.17. The highest BCUT2D eigenvalue weighted by Gasteiger charge is 2.18. The molecule has 0 spiro atoms. The first-order chi connectivity index (χ1) is 10.4. The summed E-state index contributed by atoms with van der Waals surface area (Å²) >= 11 is 0. The molecule has 22 heavy (non-hydrogen) atoms. The van der Waals surface area contributed by atoms with Gasteiger partial charge in [-0.2, -0.15) is 4.57 Å². The third kappa shape index (κ3) is 2.31. The van der Waals surface area contributed by atoms with E-state index in [1.165, 1.54) is 50.0 Å². The molecule has 0 atom stereocenters. The van der Waals surface area contributed by atoms with Crippen LogP contribution in [0.5, 0.6) is 0 Å². The Kier molecular flexibility index (Phi) is 3.52. The molecule has 3 aromatic rings. The van der Waals surface area contributed by atoms with E-state index in [4.69, 9.17) is 0 Å². The average molecular weight is 290 g/mol. The largest absolute Gasteiger partial charge is 0.213 e. The van der Waals surface area contributed by atoms with Crippen LogP contribution in [0.2, 0.25) is 0 Å². The van der Waals surface area contributed by atoms with Crippen molar-refractivity contribution < 1.29 is 4.57 Å². The van der Waals surface area contributed by atoms with Crippen LogP contribution < -0.4 is 4.57 Å². The Labute approximate surface area is 133 Å². The van der Waals surface area contributed by atoms with Crippen LogP contribution in [-0.4, -0.2) is 0 Å². The molecule has 0 aliphatic heterocycles. The molecule has 0 aliphatic rings. The van der Waals surface area contributed by atoms with Crippen molar-refractivity contribution in [1.29, 1.82) is 0 Å². The number of pyridine rings is 1. The van der Waals surface area contributed by atoms with E-state index in [1.54, 1.807) is 0 Å². The molecular formula is C21H24N+. The van der Waals surface area contributed by atoms with E-state index in [9.17, 15) is 0 Å².